The molecule has 0 amide bonds. The SMILES string of the molecule is O=S(=O)(c1cccc(F)c1)N1CCN(CC(F)(F)F)CC1. The Labute approximate surface area is 120 Å². The Hall–Kier alpha value is -1.19. The van der Waals surface area contributed by atoms with Crippen molar-refractivity contribution in [2.75, 3.05) is 32.7 Å². The fraction of sp³-hybridized carbons (Fsp3) is 0.500. The molecule has 0 radical (unpaired) electrons. The van der Waals surface area contributed by atoms with Gasteiger partial charge in [0.05, 0.1) is 11.4 Å². The fourth-order valence-electron chi connectivity index (χ4n) is 2.16. The first-order chi connectivity index (χ1) is 9.68. The summed E-state index contributed by atoms with van der Waals surface area (Å²) in [5.41, 5.74) is 0. The van der Waals surface area contributed by atoms with E-state index in [1.54, 1.807) is 0 Å². The monoisotopic (exact) mass is 326 g/mol. The van der Waals surface area contributed by atoms with Crippen LogP contribution in [0.1, 0.15) is 0 Å². The van der Waals surface area contributed by atoms with Crippen molar-refractivity contribution in [2.24, 2.45) is 0 Å². The average Bonchev–Trinajstić information content (AvgIpc) is 2.37. The molecule has 1 fully saturated rings. The molecule has 4 nitrogen and oxygen atoms in total. The number of sulfonamides is 1. The molecule has 1 heterocycles. The molecule has 0 aromatic heterocycles. The van der Waals surface area contributed by atoms with E-state index in [2.05, 4.69) is 0 Å². The summed E-state index contributed by atoms with van der Waals surface area (Å²) in [4.78, 5) is 0.962. The maximum atomic E-state index is 13.1. The third-order valence-electron chi connectivity index (χ3n) is 3.17. The van der Waals surface area contributed by atoms with Gasteiger partial charge in [-0.3, -0.25) is 4.90 Å². The second-order valence-electron chi connectivity index (χ2n) is 4.75. The Bertz CT molecular complexity index is 596. The molecule has 0 aliphatic carbocycles. The van der Waals surface area contributed by atoms with E-state index in [0.717, 1.165) is 21.3 Å². The maximum Gasteiger partial charge on any atom is 0.401 e. The van der Waals surface area contributed by atoms with Crippen LogP contribution in [0.3, 0.4) is 0 Å². The lowest BCUT2D eigenvalue weighted by atomic mass is 10.3. The molecule has 9 heteroatoms. The topological polar surface area (TPSA) is 40.6 Å². The van der Waals surface area contributed by atoms with Crippen LogP contribution in [0, 0.1) is 5.82 Å². The van der Waals surface area contributed by atoms with Crippen molar-refractivity contribution in [3.8, 4) is 0 Å². The molecule has 0 N–H and O–H groups in total. The molecule has 118 valence electrons. The zero-order valence-corrected chi connectivity index (χ0v) is 11.8. The lowest BCUT2D eigenvalue weighted by molar-refractivity contribution is -0.148. The molecule has 0 spiro atoms. The smallest absolute Gasteiger partial charge is 0.292 e. The minimum atomic E-state index is -4.30. The quantitative estimate of drug-likeness (QED) is 0.794. The summed E-state index contributed by atoms with van der Waals surface area (Å²) in [6.45, 7) is -1.16. The van der Waals surface area contributed by atoms with E-state index in [1.807, 2.05) is 0 Å². The first-order valence-electron chi connectivity index (χ1n) is 6.23. The standard InChI is InChI=1S/C12H14F4N2O2S/c13-10-2-1-3-11(8-10)21(19,20)18-6-4-17(5-7-18)9-12(14,15)16/h1-3,8H,4-7,9H2. The minimum Gasteiger partial charge on any atom is -0.292 e. The number of nitrogens with zero attached hydrogens (tertiary/aromatic N) is 2. The van der Waals surface area contributed by atoms with Gasteiger partial charge in [-0.1, -0.05) is 6.07 Å². The summed E-state index contributed by atoms with van der Waals surface area (Å²) >= 11 is 0. The van der Waals surface area contributed by atoms with E-state index in [4.69, 9.17) is 0 Å². The van der Waals surface area contributed by atoms with Gasteiger partial charge in [-0.2, -0.15) is 17.5 Å². The van der Waals surface area contributed by atoms with E-state index in [9.17, 15) is 26.0 Å². The van der Waals surface area contributed by atoms with Crippen LogP contribution in [0.15, 0.2) is 29.2 Å². The number of rotatable bonds is 3. The van der Waals surface area contributed by atoms with Gasteiger partial charge < -0.3 is 0 Å². The van der Waals surface area contributed by atoms with Crippen molar-refractivity contribution in [3.05, 3.63) is 30.1 Å². The third-order valence-corrected chi connectivity index (χ3v) is 5.06. The van der Waals surface area contributed by atoms with Gasteiger partial charge >= 0.3 is 6.18 Å². The van der Waals surface area contributed by atoms with Crippen LogP contribution < -0.4 is 0 Å². The number of alkyl halides is 3. The number of piperazine rings is 1. The lowest BCUT2D eigenvalue weighted by Gasteiger charge is -2.34. The van der Waals surface area contributed by atoms with Crippen molar-refractivity contribution in [1.82, 2.24) is 9.21 Å². The van der Waals surface area contributed by atoms with Gasteiger partial charge in [0.2, 0.25) is 10.0 Å². The Morgan fingerprint density at radius 2 is 1.71 bits per heavy atom. The molecule has 1 aliphatic rings. The predicted molar refractivity (Wildman–Crippen MR) is 67.7 cm³/mol. The van der Waals surface area contributed by atoms with E-state index in [1.165, 1.54) is 12.1 Å². The van der Waals surface area contributed by atoms with Crippen LogP contribution in [0.5, 0.6) is 0 Å². The number of halogens is 4. The Balaban J connectivity index is 2.05. The lowest BCUT2D eigenvalue weighted by Crippen LogP contribution is -2.50. The van der Waals surface area contributed by atoms with Gasteiger partial charge in [0.15, 0.2) is 0 Å². The van der Waals surface area contributed by atoms with Gasteiger partial charge in [-0.25, -0.2) is 12.8 Å². The van der Waals surface area contributed by atoms with E-state index in [0.29, 0.717) is 0 Å². The van der Waals surface area contributed by atoms with Crippen molar-refractivity contribution >= 4 is 10.0 Å². The number of benzene rings is 1. The summed E-state index contributed by atoms with van der Waals surface area (Å²) < 4.78 is 75.5. The molecular formula is C12H14F4N2O2S. The summed E-state index contributed by atoms with van der Waals surface area (Å²) in [6, 6.07) is 4.57. The molecule has 1 aromatic carbocycles. The van der Waals surface area contributed by atoms with Gasteiger partial charge in [0, 0.05) is 26.2 Å². The van der Waals surface area contributed by atoms with Gasteiger partial charge in [0.1, 0.15) is 5.82 Å². The van der Waals surface area contributed by atoms with E-state index in [-0.39, 0.29) is 31.1 Å². The van der Waals surface area contributed by atoms with Crippen molar-refractivity contribution in [2.45, 2.75) is 11.1 Å². The molecule has 0 bridgehead atoms. The van der Waals surface area contributed by atoms with Crippen LogP contribution in [-0.2, 0) is 10.0 Å². The van der Waals surface area contributed by atoms with Crippen LogP contribution in [0.4, 0.5) is 17.6 Å². The first-order valence-corrected chi connectivity index (χ1v) is 7.67. The highest BCUT2D eigenvalue weighted by atomic mass is 32.2. The van der Waals surface area contributed by atoms with Crippen molar-refractivity contribution < 1.29 is 26.0 Å². The molecule has 1 aliphatic heterocycles. The number of hydrogen-bond acceptors (Lipinski definition) is 3. The van der Waals surface area contributed by atoms with Gasteiger partial charge in [-0.05, 0) is 18.2 Å². The van der Waals surface area contributed by atoms with Crippen molar-refractivity contribution in [1.29, 1.82) is 0 Å². The molecule has 0 saturated carbocycles. The van der Waals surface area contributed by atoms with Crippen LogP contribution in [0.25, 0.3) is 0 Å². The molecule has 1 saturated heterocycles. The zero-order valence-electron chi connectivity index (χ0n) is 11.0. The summed E-state index contributed by atoms with van der Waals surface area (Å²) in [5, 5.41) is 0. The van der Waals surface area contributed by atoms with E-state index >= 15 is 0 Å². The summed E-state index contributed by atoms with van der Waals surface area (Å²) in [5.74, 6) is -0.674. The highest BCUT2D eigenvalue weighted by Crippen LogP contribution is 2.21. The van der Waals surface area contributed by atoms with Gasteiger partial charge in [-0.15, -0.1) is 0 Å². The average molecular weight is 326 g/mol. The van der Waals surface area contributed by atoms with Crippen LogP contribution in [-0.4, -0.2) is 56.5 Å². The Morgan fingerprint density at radius 3 is 2.24 bits per heavy atom. The molecule has 1 aromatic rings. The molecule has 0 atom stereocenters. The Kier molecular flexibility index (Phi) is 4.54. The predicted octanol–water partition coefficient (Wildman–Crippen LogP) is 1.69. The summed E-state index contributed by atoms with van der Waals surface area (Å²) in [7, 11) is -3.87. The van der Waals surface area contributed by atoms with Crippen LogP contribution >= 0.6 is 0 Å². The third kappa shape index (κ3) is 4.14. The first kappa shape index (κ1) is 16.2. The second kappa shape index (κ2) is 5.90. The fourth-order valence-corrected chi connectivity index (χ4v) is 3.61. The summed E-state index contributed by atoms with van der Waals surface area (Å²) in [6.07, 6.45) is -4.30. The largest absolute Gasteiger partial charge is 0.401 e. The van der Waals surface area contributed by atoms with Gasteiger partial charge in [0.25, 0.3) is 0 Å². The Morgan fingerprint density at radius 1 is 1.10 bits per heavy atom. The zero-order chi connectivity index (χ0) is 15.7. The normalized spacial score (nSPS) is 18.9. The molecule has 2 rings (SSSR count). The maximum absolute atomic E-state index is 13.1. The molecule has 21 heavy (non-hydrogen) atoms. The number of hydrogen-bond donors (Lipinski definition) is 0. The highest BCUT2D eigenvalue weighted by Gasteiger charge is 2.34. The second-order valence-corrected chi connectivity index (χ2v) is 6.69. The minimum absolute atomic E-state index is 0.00590. The molecule has 0 unspecified atom stereocenters. The molecular weight excluding hydrogens is 312 g/mol. The van der Waals surface area contributed by atoms with E-state index < -0.39 is 28.6 Å². The van der Waals surface area contributed by atoms with Crippen molar-refractivity contribution in [3.63, 3.8) is 0 Å². The van der Waals surface area contributed by atoms with Crippen LogP contribution in [0.2, 0.25) is 0 Å². The highest BCUT2D eigenvalue weighted by molar-refractivity contribution is 7.89.